The minimum absolute atomic E-state index is 0.157. The van der Waals surface area contributed by atoms with Crippen molar-refractivity contribution in [3.63, 3.8) is 0 Å². The summed E-state index contributed by atoms with van der Waals surface area (Å²) in [6.07, 6.45) is 4.29. The van der Waals surface area contributed by atoms with Gasteiger partial charge >= 0.3 is 5.69 Å². The Morgan fingerprint density at radius 3 is 2.24 bits per heavy atom. The van der Waals surface area contributed by atoms with E-state index >= 15 is 0 Å². The van der Waals surface area contributed by atoms with E-state index in [9.17, 15) is 14.0 Å². The molecule has 4 nitrogen and oxygen atoms in total. The summed E-state index contributed by atoms with van der Waals surface area (Å²) < 4.78 is 13.0. The number of hydrogen-bond acceptors (Lipinski definition) is 2. The van der Waals surface area contributed by atoms with E-state index in [4.69, 9.17) is 0 Å². The zero-order valence-electron chi connectivity index (χ0n) is 16.3. The van der Waals surface area contributed by atoms with Crippen LogP contribution in [0.3, 0.4) is 0 Å². The molecule has 1 heterocycles. The van der Waals surface area contributed by atoms with Crippen molar-refractivity contribution in [1.82, 2.24) is 9.97 Å². The Bertz CT molecular complexity index is 1080. The number of hydrogen-bond donors (Lipinski definition) is 2. The molecule has 2 N–H and O–H groups in total. The molecule has 0 atom stereocenters. The average Bonchev–Trinajstić information content (AvgIpc) is 2.76. The van der Waals surface area contributed by atoms with E-state index in [2.05, 4.69) is 34.2 Å². The number of alkyl halides is 1. The standard InChI is InChI=1S/C24H25FN2O2/c25-15-17-6-4-5-16(13-17)14-21-22(26-24(29)27-23(21)28)20-11-9-19(10-12-20)18-7-2-1-3-8-18/h1-8,13,19-20H,9-12,14-15H2,(H2,26,27,28,29). The lowest BCUT2D eigenvalue weighted by Crippen LogP contribution is -2.30. The molecule has 5 heteroatoms. The Balaban J connectivity index is 1.59. The topological polar surface area (TPSA) is 65.7 Å². The Kier molecular flexibility index (Phi) is 5.74. The van der Waals surface area contributed by atoms with Crippen LogP contribution in [-0.4, -0.2) is 9.97 Å². The molecule has 3 aromatic rings. The number of nitrogens with one attached hydrogen (secondary N) is 2. The predicted octanol–water partition coefficient (Wildman–Crippen LogP) is 4.56. The zero-order chi connectivity index (χ0) is 20.2. The number of aromatic amines is 2. The molecule has 2 aromatic carbocycles. The number of halogens is 1. The molecule has 1 aromatic heterocycles. The minimum Gasteiger partial charge on any atom is -0.311 e. The van der Waals surface area contributed by atoms with E-state index < -0.39 is 12.4 Å². The molecule has 0 unspecified atom stereocenters. The van der Waals surface area contributed by atoms with Gasteiger partial charge in [-0.3, -0.25) is 9.78 Å². The lowest BCUT2D eigenvalue weighted by molar-refractivity contribution is 0.388. The molecule has 1 fully saturated rings. The third kappa shape index (κ3) is 4.39. The minimum atomic E-state index is -0.536. The third-order valence-electron chi connectivity index (χ3n) is 6.01. The van der Waals surface area contributed by atoms with E-state index in [0.717, 1.165) is 36.9 Å². The lowest BCUT2D eigenvalue weighted by atomic mass is 9.76. The van der Waals surface area contributed by atoms with Gasteiger partial charge in [0.05, 0.1) is 0 Å². The number of H-pyrrole nitrogens is 2. The maximum absolute atomic E-state index is 13.0. The monoisotopic (exact) mass is 392 g/mol. The predicted molar refractivity (Wildman–Crippen MR) is 112 cm³/mol. The fourth-order valence-electron chi connectivity index (χ4n) is 4.52. The molecular weight excluding hydrogens is 367 g/mol. The summed E-state index contributed by atoms with van der Waals surface area (Å²) in [4.78, 5) is 29.8. The number of benzene rings is 2. The fourth-order valence-corrected chi connectivity index (χ4v) is 4.52. The second kappa shape index (κ2) is 8.60. The molecule has 0 bridgehead atoms. The van der Waals surface area contributed by atoms with Gasteiger partial charge in [-0.1, -0.05) is 54.6 Å². The lowest BCUT2D eigenvalue weighted by Gasteiger charge is -2.29. The quantitative estimate of drug-likeness (QED) is 0.668. The van der Waals surface area contributed by atoms with Gasteiger partial charge in [-0.2, -0.15) is 0 Å². The van der Waals surface area contributed by atoms with E-state index in [0.29, 0.717) is 23.5 Å². The van der Waals surface area contributed by atoms with Crippen molar-refractivity contribution in [3.05, 3.63) is 103 Å². The first kappa shape index (κ1) is 19.4. The molecule has 0 saturated heterocycles. The molecule has 1 aliphatic carbocycles. The van der Waals surface area contributed by atoms with Gasteiger partial charge in [-0.25, -0.2) is 9.18 Å². The zero-order valence-corrected chi connectivity index (χ0v) is 16.3. The van der Waals surface area contributed by atoms with Crippen molar-refractivity contribution < 1.29 is 4.39 Å². The van der Waals surface area contributed by atoms with Crippen LogP contribution >= 0.6 is 0 Å². The first-order valence-electron chi connectivity index (χ1n) is 10.2. The van der Waals surface area contributed by atoms with Crippen molar-refractivity contribution in [2.75, 3.05) is 0 Å². The highest BCUT2D eigenvalue weighted by Gasteiger charge is 2.26. The van der Waals surface area contributed by atoms with E-state index in [-0.39, 0.29) is 11.5 Å². The van der Waals surface area contributed by atoms with Crippen molar-refractivity contribution >= 4 is 0 Å². The number of aromatic nitrogens is 2. The molecule has 1 aliphatic rings. The highest BCUT2D eigenvalue weighted by molar-refractivity contribution is 5.32. The second-order valence-corrected chi connectivity index (χ2v) is 7.89. The second-order valence-electron chi connectivity index (χ2n) is 7.89. The Labute approximate surface area is 168 Å². The Morgan fingerprint density at radius 1 is 0.828 bits per heavy atom. The summed E-state index contributed by atoms with van der Waals surface area (Å²) in [6.45, 7) is -0.536. The van der Waals surface area contributed by atoms with Gasteiger partial charge in [0, 0.05) is 17.7 Å². The van der Waals surface area contributed by atoms with Gasteiger partial charge in [-0.05, 0) is 54.2 Å². The van der Waals surface area contributed by atoms with Crippen LogP contribution in [0, 0.1) is 0 Å². The third-order valence-corrected chi connectivity index (χ3v) is 6.01. The van der Waals surface area contributed by atoms with Crippen molar-refractivity contribution in [3.8, 4) is 0 Å². The Morgan fingerprint density at radius 2 is 1.52 bits per heavy atom. The maximum atomic E-state index is 13.0. The average molecular weight is 392 g/mol. The summed E-state index contributed by atoms with van der Waals surface area (Å²) >= 11 is 0. The van der Waals surface area contributed by atoms with Crippen LogP contribution in [0.4, 0.5) is 4.39 Å². The molecule has 1 saturated carbocycles. The first-order chi connectivity index (χ1) is 14.1. The maximum Gasteiger partial charge on any atom is 0.325 e. The number of rotatable bonds is 5. The summed E-state index contributed by atoms with van der Waals surface area (Å²) in [5, 5.41) is 0. The Hall–Kier alpha value is -2.95. The van der Waals surface area contributed by atoms with Crippen molar-refractivity contribution in [2.45, 2.75) is 50.6 Å². The highest BCUT2D eigenvalue weighted by atomic mass is 19.1. The largest absolute Gasteiger partial charge is 0.325 e. The molecule has 150 valence electrons. The first-order valence-corrected chi connectivity index (χ1v) is 10.2. The SMILES string of the molecule is O=c1[nH]c(C2CCC(c3ccccc3)CC2)c(Cc2cccc(CF)c2)c(=O)[nH]1. The van der Waals surface area contributed by atoms with Crippen LogP contribution in [0.5, 0.6) is 0 Å². The molecular formula is C24H25FN2O2. The van der Waals surface area contributed by atoms with Gasteiger partial charge in [0.15, 0.2) is 0 Å². The molecule has 0 spiro atoms. The van der Waals surface area contributed by atoms with Crippen LogP contribution in [0.25, 0.3) is 0 Å². The van der Waals surface area contributed by atoms with Gasteiger partial charge in [0.1, 0.15) is 6.67 Å². The molecule has 0 aliphatic heterocycles. The van der Waals surface area contributed by atoms with Gasteiger partial charge < -0.3 is 4.98 Å². The van der Waals surface area contributed by atoms with Crippen LogP contribution in [-0.2, 0) is 13.1 Å². The summed E-state index contributed by atoms with van der Waals surface area (Å²) in [7, 11) is 0. The molecule has 4 rings (SSSR count). The molecule has 0 radical (unpaired) electrons. The fraction of sp³-hybridized carbons (Fsp3) is 0.333. The summed E-state index contributed by atoms with van der Waals surface area (Å²) in [5.74, 6) is 0.676. The van der Waals surface area contributed by atoms with E-state index in [1.807, 2.05) is 12.1 Å². The van der Waals surface area contributed by atoms with Crippen molar-refractivity contribution in [1.29, 1.82) is 0 Å². The van der Waals surface area contributed by atoms with Crippen LogP contribution in [0.15, 0.2) is 64.2 Å². The van der Waals surface area contributed by atoms with Crippen LogP contribution < -0.4 is 11.2 Å². The molecule has 0 amide bonds. The summed E-state index contributed by atoms with van der Waals surface area (Å²) in [6, 6.07) is 17.7. The van der Waals surface area contributed by atoms with Gasteiger partial charge in [0.2, 0.25) is 0 Å². The van der Waals surface area contributed by atoms with Crippen LogP contribution in [0.2, 0.25) is 0 Å². The van der Waals surface area contributed by atoms with Crippen molar-refractivity contribution in [2.24, 2.45) is 0 Å². The van der Waals surface area contributed by atoms with Gasteiger partial charge in [-0.15, -0.1) is 0 Å². The smallest absolute Gasteiger partial charge is 0.311 e. The van der Waals surface area contributed by atoms with Gasteiger partial charge in [0.25, 0.3) is 5.56 Å². The highest BCUT2D eigenvalue weighted by Crippen LogP contribution is 2.40. The normalized spacial score (nSPS) is 19.2. The van der Waals surface area contributed by atoms with E-state index in [1.54, 1.807) is 18.2 Å². The molecule has 29 heavy (non-hydrogen) atoms. The van der Waals surface area contributed by atoms with Crippen LogP contribution in [0.1, 0.15) is 65.5 Å². The summed E-state index contributed by atoms with van der Waals surface area (Å²) in [5.41, 5.74) is 3.34. The van der Waals surface area contributed by atoms with E-state index in [1.165, 1.54) is 5.56 Å².